The Labute approximate surface area is 130 Å². The number of nitrogens with two attached hydrogens (primary N) is 2. The minimum absolute atomic E-state index is 0. The Hall–Kier alpha value is -0.750. The molecule has 1 aromatic carbocycles. The van der Waals surface area contributed by atoms with Crippen LogP contribution in [0.1, 0.15) is 18.4 Å². The number of aryl methyl sites for hydroxylation is 1. The van der Waals surface area contributed by atoms with E-state index in [1.165, 1.54) is 0 Å². The number of benzene rings is 1. The molecule has 4 nitrogen and oxygen atoms in total. The van der Waals surface area contributed by atoms with Gasteiger partial charge in [0.15, 0.2) is 5.60 Å². The number of halogens is 1. The Morgan fingerprint density at radius 2 is 2.00 bits per heavy atom. The molecule has 20 heavy (non-hydrogen) atoms. The monoisotopic (exact) mass is 318 g/mol. The van der Waals surface area contributed by atoms with Gasteiger partial charge in [-0.25, -0.2) is 0 Å². The van der Waals surface area contributed by atoms with Gasteiger partial charge in [0.05, 0.1) is 0 Å². The fraction of sp³-hybridized carbons (Fsp3) is 0.500. The van der Waals surface area contributed by atoms with Crippen LogP contribution in [0.25, 0.3) is 0 Å². The maximum Gasteiger partial charge on any atom is 0.251 e. The number of primary amides is 1. The highest BCUT2D eigenvalue weighted by Crippen LogP contribution is 2.20. The van der Waals surface area contributed by atoms with Crippen LogP contribution in [-0.4, -0.2) is 34.7 Å². The Kier molecular flexibility index (Phi) is 8.89. The second-order valence-corrected chi connectivity index (χ2v) is 5.65. The molecule has 6 heteroatoms. The average molecular weight is 319 g/mol. The molecule has 0 aliphatic rings. The first kappa shape index (κ1) is 19.2. The van der Waals surface area contributed by atoms with Crippen LogP contribution in [0.4, 0.5) is 0 Å². The fourth-order valence-corrected chi connectivity index (χ4v) is 2.44. The second kappa shape index (κ2) is 9.23. The SMILES string of the molecule is CSCCC(N)C(O)(CCc1ccccc1)C(N)=O.Cl. The van der Waals surface area contributed by atoms with Crippen LogP contribution in [0.3, 0.4) is 0 Å². The topological polar surface area (TPSA) is 89.3 Å². The highest BCUT2D eigenvalue weighted by molar-refractivity contribution is 7.98. The Balaban J connectivity index is 0.00000361. The van der Waals surface area contributed by atoms with Crippen molar-refractivity contribution in [3.63, 3.8) is 0 Å². The van der Waals surface area contributed by atoms with Crippen molar-refractivity contribution in [2.45, 2.75) is 30.9 Å². The van der Waals surface area contributed by atoms with E-state index in [0.29, 0.717) is 12.8 Å². The summed E-state index contributed by atoms with van der Waals surface area (Å²) in [6.45, 7) is 0. The van der Waals surface area contributed by atoms with Crippen LogP contribution in [0.5, 0.6) is 0 Å². The molecule has 2 unspecified atom stereocenters. The maximum atomic E-state index is 11.5. The van der Waals surface area contributed by atoms with E-state index in [4.69, 9.17) is 11.5 Å². The van der Waals surface area contributed by atoms with Gasteiger partial charge in [0, 0.05) is 6.04 Å². The summed E-state index contributed by atoms with van der Waals surface area (Å²) in [5.74, 6) is 0.0549. The molecule has 0 saturated carbocycles. The number of hydrogen-bond acceptors (Lipinski definition) is 4. The summed E-state index contributed by atoms with van der Waals surface area (Å²) in [5.41, 5.74) is 10.7. The minimum atomic E-state index is -1.63. The van der Waals surface area contributed by atoms with Crippen LogP contribution < -0.4 is 11.5 Å². The summed E-state index contributed by atoms with van der Waals surface area (Å²) >= 11 is 1.63. The molecular weight excluding hydrogens is 296 g/mol. The number of rotatable bonds is 8. The highest BCUT2D eigenvalue weighted by atomic mass is 35.5. The number of hydrogen-bond donors (Lipinski definition) is 3. The Morgan fingerprint density at radius 1 is 1.40 bits per heavy atom. The van der Waals surface area contributed by atoms with Gasteiger partial charge in [-0.3, -0.25) is 4.79 Å². The zero-order valence-corrected chi connectivity index (χ0v) is 13.3. The zero-order chi connectivity index (χ0) is 14.3. The van der Waals surface area contributed by atoms with Crippen LogP contribution in [0.15, 0.2) is 30.3 Å². The lowest BCUT2D eigenvalue weighted by Crippen LogP contribution is -2.57. The van der Waals surface area contributed by atoms with E-state index < -0.39 is 17.6 Å². The van der Waals surface area contributed by atoms with Gasteiger partial charge in [0.1, 0.15) is 0 Å². The van der Waals surface area contributed by atoms with Crippen LogP contribution >= 0.6 is 24.2 Å². The molecule has 114 valence electrons. The third-order valence-electron chi connectivity index (χ3n) is 3.31. The van der Waals surface area contributed by atoms with E-state index in [9.17, 15) is 9.90 Å². The van der Waals surface area contributed by atoms with Gasteiger partial charge < -0.3 is 16.6 Å². The predicted octanol–water partition coefficient (Wildman–Crippen LogP) is 1.34. The lowest BCUT2D eigenvalue weighted by Gasteiger charge is -2.31. The van der Waals surface area contributed by atoms with E-state index in [-0.39, 0.29) is 18.8 Å². The van der Waals surface area contributed by atoms with Crippen molar-refractivity contribution < 1.29 is 9.90 Å². The summed E-state index contributed by atoms with van der Waals surface area (Å²) in [4.78, 5) is 11.5. The van der Waals surface area contributed by atoms with Gasteiger partial charge in [-0.2, -0.15) is 11.8 Å². The van der Waals surface area contributed by atoms with Crippen LogP contribution in [0, 0.1) is 0 Å². The molecule has 0 spiro atoms. The van der Waals surface area contributed by atoms with E-state index in [1.807, 2.05) is 36.6 Å². The number of amides is 1. The average Bonchev–Trinajstić information content (AvgIpc) is 2.42. The van der Waals surface area contributed by atoms with Crippen molar-refractivity contribution >= 4 is 30.1 Å². The maximum absolute atomic E-state index is 11.5. The molecule has 0 heterocycles. The lowest BCUT2D eigenvalue weighted by molar-refractivity contribution is -0.139. The molecule has 0 aliphatic carbocycles. The largest absolute Gasteiger partial charge is 0.378 e. The molecule has 0 saturated heterocycles. The van der Waals surface area contributed by atoms with Gasteiger partial charge in [0.25, 0.3) is 5.91 Å². The molecule has 0 bridgehead atoms. The first-order valence-corrected chi connectivity index (χ1v) is 7.71. The number of carbonyl (C=O) groups excluding carboxylic acids is 1. The van der Waals surface area contributed by atoms with Gasteiger partial charge in [-0.05, 0) is 36.8 Å². The minimum Gasteiger partial charge on any atom is -0.378 e. The van der Waals surface area contributed by atoms with Crippen LogP contribution in [-0.2, 0) is 11.2 Å². The van der Waals surface area contributed by atoms with Crippen molar-refractivity contribution in [2.24, 2.45) is 11.5 Å². The number of thioether (sulfide) groups is 1. The summed E-state index contributed by atoms with van der Waals surface area (Å²) < 4.78 is 0. The first-order valence-electron chi connectivity index (χ1n) is 6.31. The predicted molar refractivity (Wildman–Crippen MR) is 87.1 cm³/mol. The second-order valence-electron chi connectivity index (χ2n) is 4.66. The molecule has 1 aromatic rings. The molecule has 0 aromatic heterocycles. The van der Waals surface area contributed by atoms with E-state index in [0.717, 1.165) is 11.3 Å². The highest BCUT2D eigenvalue weighted by Gasteiger charge is 2.39. The van der Waals surface area contributed by atoms with E-state index in [1.54, 1.807) is 11.8 Å². The smallest absolute Gasteiger partial charge is 0.251 e. The summed E-state index contributed by atoms with van der Waals surface area (Å²) in [5, 5.41) is 10.4. The quantitative estimate of drug-likeness (QED) is 0.674. The Morgan fingerprint density at radius 3 is 2.50 bits per heavy atom. The third kappa shape index (κ3) is 5.32. The van der Waals surface area contributed by atoms with Crippen molar-refractivity contribution in [1.82, 2.24) is 0 Å². The van der Waals surface area contributed by atoms with Gasteiger partial charge in [0.2, 0.25) is 0 Å². The van der Waals surface area contributed by atoms with Crippen LogP contribution in [0.2, 0.25) is 0 Å². The standard InChI is InChI=1S/C14H22N2O2S.ClH/c1-19-10-8-12(15)14(18,13(16)17)9-7-11-5-3-2-4-6-11;/h2-6,12,18H,7-10,15H2,1H3,(H2,16,17);1H. The van der Waals surface area contributed by atoms with Gasteiger partial charge in [-0.1, -0.05) is 30.3 Å². The molecule has 1 rings (SSSR count). The normalized spacial score (nSPS) is 14.9. The lowest BCUT2D eigenvalue weighted by atomic mass is 9.86. The number of carbonyl (C=O) groups is 1. The van der Waals surface area contributed by atoms with Crippen molar-refractivity contribution in [1.29, 1.82) is 0 Å². The molecule has 2 atom stereocenters. The van der Waals surface area contributed by atoms with Crippen molar-refractivity contribution in [3.8, 4) is 0 Å². The zero-order valence-electron chi connectivity index (χ0n) is 11.6. The molecule has 0 radical (unpaired) electrons. The molecule has 5 N–H and O–H groups in total. The first-order chi connectivity index (χ1) is 9.00. The Bertz CT molecular complexity index is 405. The fourth-order valence-electron chi connectivity index (χ4n) is 1.95. The number of aliphatic hydroxyl groups is 1. The summed E-state index contributed by atoms with van der Waals surface area (Å²) in [6.07, 6.45) is 3.35. The molecule has 0 aliphatic heterocycles. The molecule has 0 fully saturated rings. The van der Waals surface area contributed by atoms with E-state index >= 15 is 0 Å². The molecular formula is C14H23ClN2O2S. The third-order valence-corrected chi connectivity index (χ3v) is 3.95. The van der Waals surface area contributed by atoms with Crippen molar-refractivity contribution in [3.05, 3.63) is 35.9 Å². The summed E-state index contributed by atoms with van der Waals surface area (Å²) in [6, 6.07) is 9.05. The van der Waals surface area contributed by atoms with Crippen molar-refractivity contribution in [2.75, 3.05) is 12.0 Å². The molecule has 1 amide bonds. The van der Waals surface area contributed by atoms with E-state index in [2.05, 4.69) is 0 Å². The van der Waals surface area contributed by atoms with Gasteiger partial charge >= 0.3 is 0 Å². The van der Waals surface area contributed by atoms with Gasteiger partial charge in [-0.15, -0.1) is 12.4 Å². The summed E-state index contributed by atoms with van der Waals surface area (Å²) in [7, 11) is 0.